The highest BCUT2D eigenvalue weighted by Crippen LogP contribution is 2.32. The van der Waals surface area contributed by atoms with Crippen LogP contribution in [0.5, 0.6) is 5.75 Å². The van der Waals surface area contributed by atoms with Crippen LogP contribution in [0.4, 0.5) is 18.0 Å². The fraction of sp³-hybridized carbons (Fsp3) is 0.500. The number of nitrogens with zero attached hydrogens (tertiary/aromatic N) is 1. The molecule has 1 saturated heterocycles. The minimum atomic E-state index is -5.83. The molecule has 0 radical (unpaired) electrons. The van der Waals surface area contributed by atoms with Gasteiger partial charge in [0, 0.05) is 6.54 Å². The Bertz CT molecular complexity index is 736. The van der Waals surface area contributed by atoms with E-state index in [1.54, 1.807) is 0 Å². The molecule has 1 amide bonds. The summed E-state index contributed by atoms with van der Waals surface area (Å²) in [5.41, 5.74) is -5.52. The second kappa shape index (κ2) is 7.08. The summed E-state index contributed by atoms with van der Waals surface area (Å²) in [6.07, 6.45) is -0.837. The summed E-state index contributed by atoms with van der Waals surface area (Å²) < 4.78 is 63.2. The lowest BCUT2D eigenvalue weighted by atomic mass is 9.93. The van der Waals surface area contributed by atoms with Crippen LogP contribution in [-0.4, -0.2) is 47.7 Å². The number of likely N-dealkylation sites (tertiary alicyclic amines) is 1. The Morgan fingerprint density at radius 1 is 1.32 bits per heavy atom. The van der Waals surface area contributed by atoms with Crippen molar-refractivity contribution < 1.29 is 40.8 Å². The lowest BCUT2D eigenvalue weighted by Gasteiger charge is -2.36. The van der Waals surface area contributed by atoms with E-state index < -0.39 is 39.6 Å². The summed E-state index contributed by atoms with van der Waals surface area (Å²) in [7, 11) is -5.83. The Balaban J connectivity index is 2.24. The number of carbonyl (C=O) groups is 1. The van der Waals surface area contributed by atoms with E-state index in [1.807, 2.05) is 0 Å². The molecule has 0 bridgehead atoms. The summed E-state index contributed by atoms with van der Waals surface area (Å²) >= 11 is 0. The number of hydrogen-bond acceptors (Lipinski definition) is 5. The highest BCUT2D eigenvalue weighted by Gasteiger charge is 2.48. The molecule has 2 rings (SSSR count). The quantitative estimate of drug-likeness (QED) is 0.612. The van der Waals surface area contributed by atoms with Crippen LogP contribution in [0.15, 0.2) is 24.3 Å². The molecular formula is C14H16F3NO6S. The Labute approximate surface area is 141 Å². The van der Waals surface area contributed by atoms with Gasteiger partial charge < -0.3 is 19.3 Å². The van der Waals surface area contributed by atoms with Crippen molar-refractivity contribution in [3.63, 3.8) is 0 Å². The van der Waals surface area contributed by atoms with Gasteiger partial charge in [0.25, 0.3) is 0 Å². The smallest absolute Gasteiger partial charge is 0.465 e. The molecule has 25 heavy (non-hydrogen) atoms. The number of alkyl halides is 3. The average molecular weight is 383 g/mol. The first-order valence-corrected chi connectivity index (χ1v) is 8.72. The summed E-state index contributed by atoms with van der Waals surface area (Å²) in [5.74, 6) is -0.619. The van der Waals surface area contributed by atoms with E-state index in [2.05, 4.69) is 4.18 Å². The first-order valence-electron chi connectivity index (χ1n) is 7.31. The molecule has 0 aromatic heterocycles. The van der Waals surface area contributed by atoms with Crippen molar-refractivity contribution in [3.8, 4) is 5.75 Å². The van der Waals surface area contributed by atoms with Crippen LogP contribution >= 0.6 is 0 Å². The molecule has 11 heteroatoms. The van der Waals surface area contributed by atoms with Gasteiger partial charge in [0.1, 0.15) is 5.75 Å². The minimum absolute atomic E-state index is 0.0630. The van der Waals surface area contributed by atoms with Gasteiger partial charge in [-0.25, -0.2) is 4.79 Å². The SMILES string of the molecule is O=C(O)N1CCCC[C@H]1[C@@H](O)c1cccc(OS(=O)(=O)C(F)(F)F)c1. The van der Waals surface area contributed by atoms with Crippen molar-refractivity contribution >= 4 is 16.2 Å². The molecule has 1 aromatic carbocycles. The number of rotatable bonds is 4. The molecule has 140 valence electrons. The monoisotopic (exact) mass is 383 g/mol. The van der Waals surface area contributed by atoms with E-state index in [9.17, 15) is 36.6 Å². The first-order chi connectivity index (χ1) is 11.5. The minimum Gasteiger partial charge on any atom is -0.465 e. The molecule has 0 aliphatic carbocycles. The summed E-state index contributed by atoms with van der Waals surface area (Å²) in [5, 5.41) is 19.6. The molecule has 7 nitrogen and oxygen atoms in total. The number of hydrogen-bond donors (Lipinski definition) is 2. The number of amides is 1. The third-order valence-corrected chi connectivity index (χ3v) is 4.83. The van der Waals surface area contributed by atoms with Crippen molar-refractivity contribution in [2.75, 3.05) is 6.54 Å². The summed E-state index contributed by atoms with van der Waals surface area (Å²) in [4.78, 5) is 12.3. The predicted molar refractivity (Wildman–Crippen MR) is 79.4 cm³/mol. The number of halogens is 3. The van der Waals surface area contributed by atoms with E-state index in [0.717, 1.165) is 17.0 Å². The van der Waals surface area contributed by atoms with Crippen LogP contribution in [0.1, 0.15) is 30.9 Å². The summed E-state index contributed by atoms with van der Waals surface area (Å²) in [6, 6.07) is 3.73. The third-order valence-electron chi connectivity index (χ3n) is 3.85. The van der Waals surface area contributed by atoms with Crippen molar-refractivity contribution in [2.45, 2.75) is 36.9 Å². The number of aliphatic hydroxyl groups is 1. The molecule has 2 atom stereocenters. The van der Waals surface area contributed by atoms with Crippen molar-refractivity contribution in [1.82, 2.24) is 4.90 Å². The fourth-order valence-electron chi connectivity index (χ4n) is 2.67. The molecule has 1 aliphatic rings. The maximum atomic E-state index is 12.4. The van der Waals surface area contributed by atoms with E-state index in [1.165, 1.54) is 12.1 Å². The Morgan fingerprint density at radius 2 is 2.00 bits per heavy atom. The lowest BCUT2D eigenvalue weighted by molar-refractivity contribution is -0.0500. The molecule has 1 aromatic rings. The van der Waals surface area contributed by atoms with Gasteiger partial charge in [0.2, 0.25) is 0 Å². The van der Waals surface area contributed by atoms with Crippen LogP contribution in [0.2, 0.25) is 0 Å². The molecular weight excluding hydrogens is 367 g/mol. The molecule has 2 N–H and O–H groups in total. The van der Waals surface area contributed by atoms with E-state index >= 15 is 0 Å². The largest absolute Gasteiger partial charge is 0.534 e. The van der Waals surface area contributed by atoms with Gasteiger partial charge in [0.15, 0.2) is 0 Å². The molecule has 0 spiro atoms. The Kier molecular flexibility index (Phi) is 5.47. The van der Waals surface area contributed by atoms with Crippen LogP contribution in [0.25, 0.3) is 0 Å². The zero-order chi connectivity index (χ0) is 18.8. The zero-order valence-electron chi connectivity index (χ0n) is 12.8. The van der Waals surface area contributed by atoms with Crippen LogP contribution in [0, 0.1) is 0 Å². The highest BCUT2D eigenvalue weighted by atomic mass is 32.2. The van der Waals surface area contributed by atoms with Crippen LogP contribution in [0.3, 0.4) is 0 Å². The van der Waals surface area contributed by atoms with Gasteiger partial charge >= 0.3 is 21.7 Å². The maximum absolute atomic E-state index is 12.4. The van der Waals surface area contributed by atoms with Gasteiger partial charge in [0.05, 0.1) is 12.1 Å². The second-order valence-corrected chi connectivity index (χ2v) is 7.08. The van der Waals surface area contributed by atoms with Crippen LogP contribution < -0.4 is 4.18 Å². The van der Waals surface area contributed by atoms with Gasteiger partial charge in [-0.1, -0.05) is 12.1 Å². The average Bonchev–Trinajstić information content (AvgIpc) is 2.53. The molecule has 1 aliphatic heterocycles. The predicted octanol–water partition coefficient (Wildman–Crippen LogP) is 2.48. The highest BCUT2D eigenvalue weighted by molar-refractivity contribution is 7.88. The van der Waals surface area contributed by atoms with E-state index in [0.29, 0.717) is 19.3 Å². The standard InChI is InChI=1S/C14H16F3NO6S/c15-14(16,17)25(22,23)24-10-5-3-4-9(8-10)12(19)11-6-1-2-7-18(11)13(20)21/h3-5,8,11-12,19H,1-2,6-7H2,(H,20,21)/t11-,12-/m0/s1. The van der Waals surface area contributed by atoms with Crippen LogP contribution in [-0.2, 0) is 10.1 Å². The molecule has 1 fully saturated rings. The third kappa shape index (κ3) is 4.34. The number of aliphatic hydroxyl groups excluding tert-OH is 1. The molecule has 0 unspecified atom stereocenters. The van der Waals surface area contributed by atoms with E-state index in [-0.39, 0.29) is 12.1 Å². The summed E-state index contributed by atoms with van der Waals surface area (Å²) in [6.45, 7) is 0.232. The lowest BCUT2D eigenvalue weighted by Crippen LogP contribution is -2.46. The van der Waals surface area contributed by atoms with Gasteiger partial charge in [-0.15, -0.1) is 0 Å². The van der Waals surface area contributed by atoms with E-state index in [4.69, 9.17) is 0 Å². The Morgan fingerprint density at radius 3 is 2.60 bits per heavy atom. The van der Waals surface area contributed by atoms with Gasteiger partial charge in [-0.05, 0) is 37.0 Å². The van der Waals surface area contributed by atoms with Crippen molar-refractivity contribution in [1.29, 1.82) is 0 Å². The van der Waals surface area contributed by atoms with Crippen molar-refractivity contribution in [2.24, 2.45) is 0 Å². The van der Waals surface area contributed by atoms with Crippen molar-refractivity contribution in [3.05, 3.63) is 29.8 Å². The maximum Gasteiger partial charge on any atom is 0.534 e. The first kappa shape index (κ1) is 19.3. The van der Waals surface area contributed by atoms with Gasteiger partial charge in [-0.2, -0.15) is 21.6 Å². The Hall–Kier alpha value is -2.01. The van der Waals surface area contributed by atoms with Gasteiger partial charge in [-0.3, -0.25) is 0 Å². The normalized spacial score (nSPS) is 20.2. The topological polar surface area (TPSA) is 104 Å². The molecule has 1 heterocycles. The fourth-order valence-corrected chi connectivity index (χ4v) is 3.12. The number of benzene rings is 1. The molecule has 0 saturated carbocycles. The second-order valence-electron chi connectivity index (χ2n) is 5.54. The zero-order valence-corrected chi connectivity index (χ0v) is 13.6. The number of carboxylic acid groups (broad SMARTS) is 1. The number of piperidine rings is 1.